The summed E-state index contributed by atoms with van der Waals surface area (Å²) in [4.78, 5) is 0. The summed E-state index contributed by atoms with van der Waals surface area (Å²) in [6.45, 7) is 4.26. The quantitative estimate of drug-likeness (QED) is 0.710. The molecule has 0 heterocycles. The fourth-order valence-corrected chi connectivity index (χ4v) is 2.84. The van der Waals surface area contributed by atoms with Crippen LogP contribution in [0.2, 0.25) is 0 Å². The average molecular weight is 218 g/mol. The Morgan fingerprint density at radius 3 is 2.25 bits per heavy atom. The standard InChI is InChI=1S/C15H22O/c1-12-8-7-9-14(13(12)2)15(16)10-5-3-4-6-11-15/h7-9,16H,3-6,10-11H2,1-2H3. The van der Waals surface area contributed by atoms with E-state index in [4.69, 9.17) is 0 Å². The third kappa shape index (κ3) is 2.15. The van der Waals surface area contributed by atoms with E-state index in [1.807, 2.05) is 0 Å². The van der Waals surface area contributed by atoms with Gasteiger partial charge >= 0.3 is 0 Å². The third-order valence-electron chi connectivity index (χ3n) is 4.04. The number of hydrogen-bond acceptors (Lipinski definition) is 1. The van der Waals surface area contributed by atoms with E-state index in [0.29, 0.717) is 0 Å². The number of rotatable bonds is 1. The second-order valence-electron chi connectivity index (χ2n) is 5.19. The molecule has 0 bridgehead atoms. The van der Waals surface area contributed by atoms with Crippen LogP contribution in [0.15, 0.2) is 18.2 Å². The number of aryl methyl sites for hydroxylation is 1. The van der Waals surface area contributed by atoms with Gasteiger partial charge in [0.25, 0.3) is 0 Å². The minimum atomic E-state index is -0.563. The van der Waals surface area contributed by atoms with Crippen molar-refractivity contribution in [3.8, 4) is 0 Å². The topological polar surface area (TPSA) is 20.2 Å². The van der Waals surface area contributed by atoms with Gasteiger partial charge in [-0.2, -0.15) is 0 Å². The number of aliphatic hydroxyl groups is 1. The first-order valence-electron chi connectivity index (χ1n) is 6.42. The van der Waals surface area contributed by atoms with Crippen LogP contribution in [0.4, 0.5) is 0 Å². The van der Waals surface area contributed by atoms with Crippen molar-refractivity contribution in [3.63, 3.8) is 0 Å². The molecule has 1 N–H and O–H groups in total. The Bertz CT molecular complexity index is 360. The second kappa shape index (κ2) is 4.58. The third-order valence-corrected chi connectivity index (χ3v) is 4.04. The molecule has 1 aliphatic carbocycles. The molecule has 1 aliphatic rings. The van der Waals surface area contributed by atoms with Crippen LogP contribution in [0, 0.1) is 13.8 Å². The molecule has 16 heavy (non-hydrogen) atoms. The van der Waals surface area contributed by atoms with Crippen LogP contribution in [-0.4, -0.2) is 5.11 Å². The van der Waals surface area contributed by atoms with Gasteiger partial charge in [-0.15, -0.1) is 0 Å². The molecule has 0 atom stereocenters. The molecule has 1 saturated carbocycles. The highest BCUT2D eigenvalue weighted by Gasteiger charge is 2.31. The van der Waals surface area contributed by atoms with Crippen molar-refractivity contribution < 1.29 is 5.11 Å². The SMILES string of the molecule is Cc1cccc(C2(O)CCCCCC2)c1C. The maximum atomic E-state index is 10.8. The first-order valence-corrected chi connectivity index (χ1v) is 6.42. The smallest absolute Gasteiger partial charge is 0.0899 e. The van der Waals surface area contributed by atoms with E-state index in [1.165, 1.54) is 24.0 Å². The Kier molecular flexibility index (Phi) is 3.34. The van der Waals surface area contributed by atoms with Gasteiger partial charge in [-0.1, -0.05) is 43.9 Å². The summed E-state index contributed by atoms with van der Waals surface area (Å²) in [5.74, 6) is 0. The zero-order chi connectivity index (χ0) is 11.6. The van der Waals surface area contributed by atoms with Crippen molar-refractivity contribution >= 4 is 0 Å². The lowest BCUT2D eigenvalue weighted by Gasteiger charge is -2.29. The van der Waals surface area contributed by atoms with Crippen molar-refractivity contribution in [2.75, 3.05) is 0 Å². The molecule has 0 radical (unpaired) electrons. The highest BCUT2D eigenvalue weighted by Crippen LogP contribution is 2.37. The predicted molar refractivity (Wildman–Crippen MR) is 67.5 cm³/mol. The van der Waals surface area contributed by atoms with Crippen LogP contribution < -0.4 is 0 Å². The van der Waals surface area contributed by atoms with E-state index in [1.54, 1.807) is 0 Å². The van der Waals surface area contributed by atoms with E-state index in [2.05, 4.69) is 32.0 Å². The molecule has 2 rings (SSSR count). The van der Waals surface area contributed by atoms with Crippen molar-refractivity contribution in [1.82, 2.24) is 0 Å². The molecule has 1 heteroatoms. The van der Waals surface area contributed by atoms with Crippen LogP contribution in [0.1, 0.15) is 55.2 Å². The molecule has 0 aromatic heterocycles. The minimum Gasteiger partial charge on any atom is -0.385 e. The molecule has 1 fully saturated rings. The summed E-state index contributed by atoms with van der Waals surface area (Å²) in [5, 5.41) is 10.8. The van der Waals surface area contributed by atoms with Gasteiger partial charge in [0.15, 0.2) is 0 Å². The van der Waals surface area contributed by atoms with Gasteiger partial charge < -0.3 is 5.11 Å². The van der Waals surface area contributed by atoms with E-state index in [9.17, 15) is 5.11 Å². The lowest BCUT2D eigenvalue weighted by atomic mass is 9.83. The molecular weight excluding hydrogens is 196 g/mol. The zero-order valence-electron chi connectivity index (χ0n) is 10.4. The first kappa shape index (κ1) is 11.7. The number of hydrogen-bond donors (Lipinski definition) is 1. The van der Waals surface area contributed by atoms with Gasteiger partial charge in [-0.05, 0) is 43.4 Å². The largest absolute Gasteiger partial charge is 0.385 e. The highest BCUT2D eigenvalue weighted by atomic mass is 16.3. The van der Waals surface area contributed by atoms with E-state index < -0.39 is 5.60 Å². The van der Waals surface area contributed by atoms with Gasteiger partial charge in [-0.3, -0.25) is 0 Å². The Hall–Kier alpha value is -0.820. The Morgan fingerprint density at radius 1 is 1.00 bits per heavy atom. The summed E-state index contributed by atoms with van der Waals surface area (Å²) in [6.07, 6.45) is 6.71. The van der Waals surface area contributed by atoms with Crippen LogP contribution in [0.3, 0.4) is 0 Å². The molecule has 0 aliphatic heterocycles. The van der Waals surface area contributed by atoms with Gasteiger partial charge in [0.2, 0.25) is 0 Å². The number of benzene rings is 1. The fraction of sp³-hybridized carbons (Fsp3) is 0.600. The maximum Gasteiger partial charge on any atom is 0.0899 e. The van der Waals surface area contributed by atoms with Crippen LogP contribution in [0.5, 0.6) is 0 Å². The van der Waals surface area contributed by atoms with Gasteiger partial charge in [0.05, 0.1) is 5.60 Å². The summed E-state index contributed by atoms with van der Waals surface area (Å²) < 4.78 is 0. The van der Waals surface area contributed by atoms with E-state index in [-0.39, 0.29) is 0 Å². The molecule has 1 aromatic carbocycles. The minimum absolute atomic E-state index is 0.563. The zero-order valence-corrected chi connectivity index (χ0v) is 10.4. The molecule has 0 unspecified atom stereocenters. The van der Waals surface area contributed by atoms with Crippen molar-refractivity contribution in [3.05, 3.63) is 34.9 Å². The van der Waals surface area contributed by atoms with Gasteiger partial charge in [0, 0.05) is 0 Å². The summed E-state index contributed by atoms with van der Waals surface area (Å²) in [5.41, 5.74) is 3.16. The van der Waals surface area contributed by atoms with E-state index >= 15 is 0 Å². The van der Waals surface area contributed by atoms with Gasteiger partial charge in [0.1, 0.15) is 0 Å². The van der Waals surface area contributed by atoms with Crippen LogP contribution in [0.25, 0.3) is 0 Å². The molecule has 1 nitrogen and oxygen atoms in total. The molecule has 0 spiro atoms. The lowest BCUT2D eigenvalue weighted by Crippen LogP contribution is -2.26. The summed E-state index contributed by atoms with van der Waals surface area (Å²) >= 11 is 0. The van der Waals surface area contributed by atoms with Gasteiger partial charge in [-0.25, -0.2) is 0 Å². The van der Waals surface area contributed by atoms with Crippen LogP contribution in [-0.2, 0) is 5.60 Å². The Labute approximate surface area is 98.5 Å². The first-order chi connectivity index (χ1) is 7.63. The molecule has 0 saturated heterocycles. The molecular formula is C15H22O. The summed E-state index contributed by atoms with van der Waals surface area (Å²) in [6, 6.07) is 6.30. The fourth-order valence-electron chi connectivity index (χ4n) is 2.84. The van der Waals surface area contributed by atoms with Crippen molar-refractivity contribution in [2.45, 2.75) is 58.0 Å². The molecule has 0 amide bonds. The van der Waals surface area contributed by atoms with Crippen molar-refractivity contribution in [2.24, 2.45) is 0 Å². The second-order valence-corrected chi connectivity index (χ2v) is 5.19. The lowest BCUT2D eigenvalue weighted by molar-refractivity contribution is 0.0201. The Balaban J connectivity index is 2.37. The highest BCUT2D eigenvalue weighted by molar-refractivity contribution is 5.37. The summed E-state index contributed by atoms with van der Waals surface area (Å²) in [7, 11) is 0. The monoisotopic (exact) mass is 218 g/mol. The Morgan fingerprint density at radius 2 is 1.62 bits per heavy atom. The maximum absolute atomic E-state index is 10.8. The van der Waals surface area contributed by atoms with Crippen LogP contribution >= 0.6 is 0 Å². The van der Waals surface area contributed by atoms with Crippen molar-refractivity contribution in [1.29, 1.82) is 0 Å². The normalized spacial score (nSPS) is 20.4. The average Bonchev–Trinajstić information content (AvgIpc) is 2.48. The molecule has 88 valence electrons. The predicted octanol–water partition coefficient (Wildman–Crippen LogP) is 3.85. The van der Waals surface area contributed by atoms with E-state index in [0.717, 1.165) is 31.2 Å². The molecule has 1 aromatic rings.